The molecular weight excluding hydrogens is 356 g/mol. The minimum atomic E-state index is -0.503. The summed E-state index contributed by atoms with van der Waals surface area (Å²) < 4.78 is 0. The zero-order valence-corrected chi connectivity index (χ0v) is 14.8. The fourth-order valence-corrected chi connectivity index (χ4v) is 2.99. The topological polar surface area (TPSA) is 101 Å². The summed E-state index contributed by atoms with van der Waals surface area (Å²) in [6.07, 6.45) is 2.14. The van der Waals surface area contributed by atoms with E-state index >= 15 is 0 Å². The van der Waals surface area contributed by atoms with E-state index in [9.17, 15) is 14.9 Å². The number of anilines is 1. The number of fused-ring (bicyclic) bond motifs is 1. The zero-order valence-electron chi connectivity index (χ0n) is 14.0. The number of hydrogen-bond donors (Lipinski definition) is 2. The predicted molar refractivity (Wildman–Crippen MR) is 102 cm³/mol. The molecule has 8 heteroatoms. The lowest BCUT2D eigenvalue weighted by molar-refractivity contribution is -0.383. The van der Waals surface area contributed by atoms with Crippen LogP contribution in [0.2, 0.25) is 5.02 Å². The van der Waals surface area contributed by atoms with Crippen molar-refractivity contribution >= 4 is 33.9 Å². The molecule has 0 aliphatic rings. The van der Waals surface area contributed by atoms with E-state index in [0.717, 1.165) is 12.0 Å². The molecule has 2 aromatic carbocycles. The molecule has 7 nitrogen and oxygen atoms in total. The van der Waals surface area contributed by atoms with Crippen LogP contribution >= 0.6 is 11.6 Å². The Morgan fingerprint density at radius 3 is 2.69 bits per heavy atom. The molecule has 26 heavy (non-hydrogen) atoms. The van der Waals surface area contributed by atoms with Crippen LogP contribution in [0.15, 0.2) is 47.5 Å². The lowest BCUT2D eigenvalue weighted by atomic mass is 9.96. The second-order valence-corrected chi connectivity index (χ2v) is 6.35. The van der Waals surface area contributed by atoms with E-state index in [1.807, 2.05) is 24.3 Å². The van der Waals surface area contributed by atoms with Crippen molar-refractivity contribution < 1.29 is 4.92 Å². The number of nitrogens with one attached hydrogen (secondary N) is 2. The molecule has 0 spiro atoms. The highest BCUT2D eigenvalue weighted by atomic mass is 35.5. The maximum atomic E-state index is 11.8. The summed E-state index contributed by atoms with van der Waals surface area (Å²) in [6, 6.07) is 10.4. The number of benzene rings is 2. The number of aromatic amines is 1. The van der Waals surface area contributed by atoms with Crippen LogP contribution in [0, 0.1) is 10.1 Å². The fourth-order valence-electron chi connectivity index (χ4n) is 2.86. The van der Waals surface area contributed by atoms with Gasteiger partial charge in [-0.05, 0) is 30.2 Å². The smallest absolute Gasteiger partial charge is 0.293 e. The van der Waals surface area contributed by atoms with E-state index in [1.165, 1.54) is 18.5 Å². The molecule has 0 saturated carbocycles. The van der Waals surface area contributed by atoms with E-state index in [-0.39, 0.29) is 17.0 Å². The highest BCUT2D eigenvalue weighted by molar-refractivity contribution is 6.30. The SMILES string of the molecule is CCC(CNc1cc2nc[nH]c(=O)c2cc1[N+](=O)[O-])c1ccc(Cl)cc1. The third-order valence-electron chi connectivity index (χ3n) is 4.33. The maximum Gasteiger partial charge on any atom is 0.293 e. The van der Waals surface area contributed by atoms with Crippen LogP contribution in [0.1, 0.15) is 24.8 Å². The molecule has 134 valence electrons. The highest BCUT2D eigenvalue weighted by Gasteiger charge is 2.18. The molecule has 0 fully saturated rings. The summed E-state index contributed by atoms with van der Waals surface area (Å²) in [5.74, 6) is 0.162. The first-order chi connectivity index (χ1) is 12.5. The fraction of sp³-hybridized carbons (Fsp3) is 0.222. The summed E-state index contributed by atoms with van der Waals surface area (Å²) in [5.41, 5.74) is 1.29. The molecule has 0 bridgehead atoms. The summed E-state index contributed by atoms with van der Waals surface area (Å²) in [7, 11) is 0. The Morgan fingerprint density at radius 1 is 1.31 bits per heavy atom. The zero-order chi connectivity index (χ0) is 18.7. The van der Waals surface area contributed by atoms with Gasteiger partial charge in [0.15, 0.2) is 0 Å². The van der Waals surface area contributed by atoms with Crippen LogP contribution in [0.25, 0.3) is 10.9 Å². The van der Waals surface area contributed by atoms with Gasteiger partial charge >= 0.3 is 0 Å². The molecular formula is C18H17ClN4O3. The average molecular weight is 373 g/mol. The third-order valence-corrected chi connectivity index (χ3v) is 4.58. The van der Waals surface area contributed by atoms with Crippen LogP contribution in [-0.4, -0.2) is 21.4 Å². The summed E-state index contributed by atoms with van der Waals surface area (Å²) in [6.45, 7) is 2.56. The molecule has 1 unspecified atom stereocenters. The molecule has 0 saturated heterocycles. The third kappa shape index (κ3) is 3.67. The first-order valence-corrected chi connectivity index (χ1v) is 8.52. The minimum Gasteiger partial charge on any atom is -0.379 e. The van der Waals surface area contributed by atoms with Gasteiger partial charge in [0.2, 0.25) is 0 Å². The van der Waals surface area contributed by atoms with Crippen molar-refractivity contribution in [1.29, 1.82) is 0 Å². The number of nitrogens with zero attached hydrogens (tertiary/aromatic N) is 2. The number of hydrogen-bond acceptors (Lipinski definition) is 5. The van der Waals surface area contributed by atoms with Crippen LogP contribution < -0.4 is 10.9 Å². The average Bonchev–Trinajstić information content (AvgIpc) is 2.63. The lowest BCUT2D eigenvalue weighted by Crippen LogP contribution is -2.14. The first kappa shape index (κ1) is 17.9. The maximum absolute atomic E-state index is 11.8. The minimum absolute atomic E-state index is 0.151. The van der Waals surface area contributed by atoms with Gasteiger partial charge in [-0.2, -0.15) is 0 Å². The molecule has 0 aliphatic heterocycles. The van der Waals surface area contributed by atoms with Crippen molar-refractivity contribution in [3.63, 3.8) is 0 Å². The first-order valence-electron chi connectivity index (χ1n) is 8.14. The normalized spacial score (nSPS) is 12.1. The van der Waals surface area contributed by atoms with Crippen molar-refractivity contribution in [3.8, 4) is 0 Å². The second-order valence-electron chi connectivity index (χ2n) is 5.91. The summed E-state index contributed by atoms with van der Waals surface area (Å²) >= 11 is 5.93. The van der Waals surface area contributed by atoms with E-state index in [1.54, 1.807) is 0 Å². The van der Waals surface area contributed by atoms with Crippen molar-refractivity contribution in [2.24, 2.45) is 0 Å². The van der Waals surface area contributed by atoms with Gasteiger partial charge in [0.05, 0.1) is 22.2 Å². The Kier molecular flexibility index (Phi) is 5.18. The van der Waals surface area contributed by atoms with Crippen molar-refractivity contribution in [3.05, 3.63) is 73.8 Å². The predicted octanol–water partition coefficient (Wildman–Crippen LogP) is 4.09. The largest absolute Gasteiger partial charge is 0.379 e. The number of aromatic nitrogens is 2. The van der Waals surface area contributed by atoms with Crippen LogP contribution in [0.3, 0.4) is 0 Å². The summed E-state index contributed by atoms with van der Waals surface area (Å²) in [5, 5.41) is 15.4. The van der Waals surface area contributed by atoms with Gasteiger partial charge in [-0.15, -0.1) is 0 Å². The number of halogens is 1. The van der Waals surface area contributed by atoms with E-state index in [0.29, 0.717) is 22.8 Å². The molecule has 0 aliphatic carbocycles. The molecule has 0 radical (unpaired) electrons. The van der Waals surface area contributed by atoms with Gasteiger partial charge in [0, 0.05) is 23.6 Å². The summed E-state index contributed by atoms with van der Waals surface area (Å²) in [4.78, 5) is 29.3. The Bertz CT molecular complexity index is 1000. The molecule has 3 rings (SSSR count). The molecule has 1 atom stereocenters. The van der Waals surface area contributed by atoms with Crippen LogP contribution in [0.4, 0.5) is 11.4 Å². The number of nitro groups is 1. The molecule has 1 heterocycles. The van der Waals surface area contributed by atoms with Gasteiger partial charge in [-0.3, -0.25) is 14.9 Å². The van der Waals surface area contributed by atoms with Gasteiger partial charge < -0.3 is 10.3 Å². The Morgan fingerprint density at radius 2 is 2.04 bits per heavy atom. The van der Waals surface area contributed by atoms with Gasteiger partial charge in [0.25, 0.3) is 11.2 Å². The van der Waals surface area contributed by atoms with Gasteiger partial charge in [-0.1, -0.05) is 30.7 Å². The highest BCUT2D eigenvalue weighted by Crippen LogP contribution is 2.29. The number of H-pyrrole nitrogens is 1. The van der Waals surface area contributed by atoms with Crippen molar-refractivity contribution in [2.45, 2.75) is 19.3 Å². The molecule has 3 aromatic rings. The van der Waals surface area contributed by atoms with E-state index < -0.39 is 10.5 Å². The van der Waals surface area contributed by atoms with Gasteiger partial charge in [-0.25, -0.2) is 4.98 Å². The van der Waals surface area contributed by atoms with Crippen LogP contribution in [0.5, 0.6) is 0 Å². The lowest BCUT2D eigenvalue weighted by Gasteiger charge is -2.17. The monoisotopic (exact) mass is 372 g/mol. The second kappa shape index (κ2) is 7.53. The van der Waals surface area contributed by atoms with Crippen LogP contribution in [-0.2, 0) is 0 Å². The number of rotatable bonds is 6. The standard InChI is InChI=1S/C18H17ClN4O3/c1-2-11(12-3-5-13(19)6-4-12)9-20-16-8-15-14(7-17(16)23(25)26)18(24)22-10-21-15/h3-8,10-11,20H,2,9H2,1H3,(H,21,22,24). The van der Waals surface area contributed by atoms with Crippen molar-refractivity contribution in [1.82, 2.24) is 9.97 Å². The Balaban J connectivity index is 1.91. The van der Waals surface area contributed by atoms with E-state index in [2.05, 4.69) is 22.2 Å². The molecule has 2 N–H and O–H groups in total. The number of nitro benzene ring substituents is 1. The van der Waals surface area contributed by atoms with Gasteiger partial charge in [0.1, 0.15) is 5.69 Å². The quantitative estimate of drug-likeness (QED) is 0.501. The Hall–Kier alpha value is -2.93. The molecule has 1 aromatic heterocycles. The Labute approximate surface area is 154 Å². The van der Waals surface area contributed by atoms with Crippen molar-refractivity contribution in [2.75, 3.05) is 11.9 Å². The van der Waals surface area contributed by atoms with E-state index in [4.69, 9.17) is 11.6 Å². The molecule has 0 amide bonds.